The third-order valence-corrected chi connectivity index (χ3v) is 4.62. The largest absolute Gasteiger partial charge is 0.496 e. The summed E-state index contributed by atoms with van der Waals surface area (Å²) in [5.41, 5.74) is 6.67. The second-order valence-corrected chi connectivity index (χ2v) is 6.34. The molecule has 1 aromatic carbocycles. The Morgan fingerprint density at radius 3 is 2.83 bits per heavy atom. The molecule has 1 amide bonds. The number of ether oxygens (including phenoxy) is 2. The molecule has 0 aliphatic carbocycles. The third-order valence-electron chi connectivity index (χ3n) is 4.12. The number of halogens is 2. The summed E-state index contributed by atoms with van der Waals surface area (Å²) >= 11 is 3.50. The molecule has 0 aromatic heterocycles. The van der Waals surface area contributed by atoms with Gasteiger partial charge in [-0.05, 0) is 31.0 Å². The van der Waals surface area contributed by atoms with Crippen LogP contribution in [-0.2, 0) is 9.53 Å². The van der Waals surface area contributed by atoms with E-state index in [0.717, 1.165) is 35.2 Å². The Balaban J connectivity index is 0.00000264. The van der Waals surface area contributed by atoms with Crippen LogP contribution < -0.4 is 10.5 Å². The van der Waals surface area contributed by atoms with Gasteiger partial charge in [0, 0.05) is 30.2 Å². The van der Waals surface area contributed by atoms with Gasteiger partial charge in [0.2, 0.25) is 5.91 Å². The van der Waals surface area contributed by atoms with Gasteiger partial charge >= 0.3 is 0 Å². The minimum absolute atomic E-state index is 0. The predicted molar refractivity (Wildman–Crippen MR) is 96.1 cm³/mol. The van der Waals surface area contributed by atoms with Crippen LogP contribution in [0.4, 0.5) is 0 Å². The zero-order chi connectivity index (χ0) is 16.1. The van der Waals surface area contributed by atoms with Crippen molar-refractivity contribution < 1.29 is 14.3 Å². The first-order valence-corrected chi connectivity index (χ1v) is 8.25. The Morgan fingerprint density at radius 2 is 2.22 bits per heavy atom. The van der Waals surface area contributed by atoms with Gasteiger partial charge in [-0.1, -0.05) is 15.9 Å². The number of benzene rings is 1. The highest BCUT2D eigenvalue weighted by atomic mass is 79.9. The number of methoxy groups -OCH3 is 2. The van der Waals surface area contributed by atoms with Crippen LogP contribution >= 0.6 is 28.3 Å². The molecule has 0 bridgehead atoms. The van der Waals surface area contributed by atoms with E-state index >= 15 is 0 Å². The van der Waals surface area contributed by atoms with E-state index in [4.69, 9.17) is 15.2 Å². The van der Waals surface area contributed by atoms with E-state index in [2.05, 4.69) is 15.9 Å². The van der Waals surface area contributed by atoms with Gasteiger partial charge in [0.05, 0.1) is 25.7 Å². The molecule has 0 saturated carbocycles. The van der Waals surface area contributed by atoms with Gasteiger partial charge in [0.1, 0.15) is 5.75 Å². The lowest BCUT2D eigenvalue weighted by atomic mass is 10.0. The second kappa shape index (κ2) is 9.47. The molecule has 1 saturated heterocycles. The van der Waals surface area contributed by atoms with Crippen molar-refractivity contribution in [1.29, 1.82) is 0 Å². The van der Waals surface area contributed by atoms with Crippen LogP contribution in [0.2, 0.25) is 0 Å². The quantitative estimate of drug-likeness (QED) is 0.787. The Kier molecular flexibility index (Phi) is 8.33. The molecule has 2 N–H and O–H groups in total. The monoisotopic (exact) mass is 406 g/mol. The number of carbonyl (C=O) groups is 1. The zero-order valence-electron chi connectivity index (χ0n) is 13.5. The highest BCUT2D eigenvalue weighted by Crippen LogP contribution is 2.38. The van der Waals surface area contributed by atoms with Crippen LogP contribution in [-0.4, -0.2) is 44.2 Å². The summed E-state index contributed by atoms with van der Waals surface area (Å²) in [4.78, 5) is 14.5. The van der Waals surface area contributed by atoms with E-state index < -0.39 is 0 Å². The van der Waals surface area contributed by atoms with Crippen LogP contribution in [0.3, 0.4) is 0 Å². The molecule has 5 nitrogen and oxygen atoms in total. The molecule has 1 aliphatic heterocycles. The maximum absolute atomic E-state index is 12.6. The van der Waals surface area contributed by atoms with Crippen molar-refractivity contribution in [1.82, 2.24) is 4.90 Å². The maximum atomic E-state index is 12.6. The molecular formula is C16H24BrClN2O3. The third kappa shape index (κ3) is 4.83. The Bertz CT molecular complexity index is 526. The Hall–Kier alpha value is -0.820. The molecule has 1 aliphatic rings. The molecule has 2 rings (SSSR count). The predicted octanol–water partition coefficient (Wildman–Crippen LogP) is 2.91. The fraction of sp³-hybridized carbons (Fsp3) is 0.562. The Morgan fingerprint density at radius 1 is 1.48 bits per heavy atom. The normalized spacial score (nSPS) is 18.4. The van der Waals surface area contributed by atoms with Gasteiger partial charge in [-0.25, -0.2) is 0 Å². The number of hydrogen-bond donors (Lipinski definition) is 1. The van der Waals surface area contributed by atoms with Crippen LogP contribution in [0.25, 0.3) is 0 Å². The minimum Gasteiger partial charge on any atom is -0.496 e. The number of hydrogen-bond acceptors (Lipinski definition) is 4. The summed E-state index contributed by atoms with van der Waals surface area (Å²) in [6, 6.07) is 5.96. The average molecular weight is 408 g/mol. The van der Waals surface area contributed by atoms with Gasteiger partial charge in [-0.15, -0.1) is 12.4 Å². The van der Waals surface area contributed by atoms with E-state index in [9.17, 15) is 4.79 Å². The number of rotatable bonds is 6. The van der Waals surface area contributed by atoms with Crippen LogP contribution in [0.1, 0.15) is 30.9 Å². The van der Waals surface area contributed by atoms with Gasteiger partial charge in [-0.2, -0.15) is 0 Å². The van der Waals surface area contributed by atoms with Crippen molar-refractivity contribution in [3.63, 3.8) is 0 Å². The first-order valence-electron chi connectivity index (χ1n) is 7.46. The fourth-order valence-corrected chi connectivity index (χ4v) is 3.31. The van der Waals surface area contributed by atoms with E-state index in [-0.39, 0.29) is 30.5 Å². The van der Waals surface area contributed by atoms with Gasteiger partial charge in [0.15, 0.2) is 0 Å². The molecule has 2 atom stereocenters. The van der Waals surface area contributed by atoms with Crippen LogP contribution in [0.15, 0.2) is 22.7 Å². The lowest BCUT2D eigenvalue weighted by Crippen LogP contribution is -2.35. The summed E-state index contributed by atoms with van der Waals surface area (Å²) in [5, 5.41) is 0. The molecule has 1 fully saturated rings. The lowest BCUT2D eigenvalue weighted by molar-refractivity contribution is -0.134. The topological polar surface area (TPSA) is 64.8 Å². The number of nitrogens with two attached hydrogens (primary N) is 1. The Labute approximate surface area is 152 Å². The minimum atomic E-state index is -0.224. The van der Waals surface area contributed by atoms with E-state index in [1.54, 1.807) is 14.2 Å². The summed E-state index contributed by atoms with van der Waals surface area (Å²) in [6.07, 6.45) is 2.03. The smallest absolute Gasteiger partial charge is 0.225 e. The fourth-order valence-electron chi connectivity index (χ4n) is 2.93. The number of amides is 1. The molecule has 0 spiro atoms. The standard InChI is InChI=1S/C16H23BrN2O3.ClH/c1-21-12(10-18)9-16(20)19-7-3-4-14(19)13-8-11(17)5-6-15(13)22-2;/h5-6,8,12,14H,3-4,7,9-10,18H2,1-2H3;1H. The van der Waals surface area contributed by atoms with Crippen LogP contribution in [0, 0.1) is 0 Å². The number of nitrogens with zero attached hydrogens (tertiary/aromatic N) is 1. The summed E-state index contributed by atoms with van der Waals surface area (Å²) in [7, 11) is 3.24. The second-order valence-electron chi connectivity index (χ2n) is 5.43. The van der Waals surface area contributed by atoms with E-state index in [1.165, 1.54) is 0 Å². The number of likely N-dealkylation sites (tertiary alicyclic amines) is 1. The highest BCUT2D eigenvalue weighted by Gasteiger charge is 2.32. The van der Waals surface area contributed by atoms with Crippen molar-refractivity contribution >= 4 is 34.2 Å². The van der Waals surface area contributed by atoms with Crippen molar-refractivity contribution in [3.8, 4) is 5.75 Å². The van der Waals surface area contributed by atoms with Gasteiger partial charge in [0.25, 0.3) is 0 Å². The average Bonchev–Trinajstić information content (AvgIpc) is 3.01. The molecule has 2 unspecified atom stereocenters. The lowest BCUT2D eigenvalue weighted by Gasteiger charge is -2.27. The molecule has 130 valence electrons. The molecule has 1 aromatic rings. The molecule has 1 heterocycles. The van der Waals surface area contributed by atoms with E-state index in [0.29, 0.717) is 13.0 Å². The molecule has 23 heavy (non-hydrogen) atoms. The van der Waals surface area contributed by atoms with Crippen molar-refractivity contribution in [2.75, 3.05) is 27.3 Å². The number of carbonyl (C=O) groups excluding carboxylic acids is 1. The van der Waals surface area contributed by atoms with Gasteiger partial charge < -0.3 is 20.1 Å². The first kappa shape index (κ1) is 20.2. The van der Waals surface area contributed by atoms with Gasteiger partial charge in [-0.3, -0.25) is 4.79 Å². The molecular weight excluding hydrogens is 384 g/mol. The van der Waals surface area contributed by atoms with Crippen molar-refractivity contribution in [2.24, 2.45) is 5.73 Å². The summed E-state index contributed by atoms with van der Waals surface area (Å²) in [6.45, 7) is 1.11. The highest BCUT2D eigenvalue weighted by molar-refractivity contribution is 9.10. The summed E-state index contributed by atoms with van der Waals surface area (Å²) < 4.78 is 11.7. The zero-order valence-corrected chi connectivity index (χ0v) is 15.9. The molecule has 0 radical (unpaired) electrons. The SMILES string of the molecule is COc1ccc(Br)cc1C1CCCN1C(=O)CC(CN)OC.Cl. The van der Waals surface area contributed by atoms with Crippen molar-refractivity contribution in [3.05, 3.63) is 28.2 Å². The van der Waals surface area contributed by atoms with E-state index in [1.807, 2.05) is 23.1 Å². The maximum Gasteiger partial charge on any atom is 0.225 e. The van der Waals surface area contributed by atoms with Crippen LogP contribution in [0.5, 0.6) is 5.75 Å². The molecule has 7 heteroatoms. The first-order chi connectivity index (χ1) is 10.6. The van der Waals surface area contributed by atoms with Crippen molar-refractivity contribution in [2.45, 2.75) is 31.4 Å². The summed E-state index contributed by atoms with van der Waals surface area (Å²) in [5.74, 6) is 0.900.